The SMILES string of the molecule is N=CC(C(=O)O)C(=O)O. The Morgan fingerprint density at radius 3 is 1.67 bits per heavy atom. The van der Waals surface area contributed by atoms with E-state index in [1.807, 2.05) is 0 Å². The molecule has 0 amide bonds. The Balaban J connectivity index is 4.16. The number of nitrogens with one attached hydrogen (secondary N) is 1. The van der Waals surface area contributed by atoms with Gasteiger partial charge in [-0.3, -0.25) is 9.59 Å². The fourth-order valence-electron chi connectivity index (χ4n) is 0.248. The molecule has 0 aromatic heterocycles. The number of rotatable bonds is 3. The maximum Gasteiger partial charge on any atom is 0.323 e. The van der Waals surface area contributed by atoms with Crippen LogP contribution in [0.3, 0.4) is 0 Å². The van der Waals surface area contributed by atoms with E-state index in [4.69, 9.17) is 15.6 Å². The summed E-state index contributed by atoms with van der Waals surface area (Å²) in [6.07, 6.45) is 0.366. The highest BCUT2D eigenvalue weighted by Gasteiger charge is 2.22. The van der Waals surface area contributed by atoms with Crippen LogP contribution in [-0.2, 0) is 9.59 Å². The molecule has 0 heterocycles. The van der Waals surface area contributed by atoms with Gasteiger partial charge in [0.1, 0.15) is 0 Å². The normalized spacial score (nSPS) is 9.00. The molecule has 0 aliphatic heterocycles. The Morgan fingerprint density at radius 1 is 1.33 bits per heavy atom. The highest BCUT2D eigenvalue weighted by atomic mass is 16.4. The molecule has 0 unspecified atom stereocenters. The van der Waals surface area contributed by atoms with Crippen LogP contribution in [0.2, 0.25) is 0 Å². The first-order chi connectivity index (χ1) is 4.09. The summed E-state index contributed by atoms with van der Waals surface area (Å²) in [6.45, 7) is 0. The third kappa shape index (κ3) is 1.89. The minimum atomic E-state index is -1.70. The summed E-state index contributed by atoms with van der Waals surface area (Å²) in [4.78, 5) is 19.7. The minimum absolute atomic E-state index is 0.366. The molecule has 3 N–H and O–H groups in total. The van der Waals surface area contributed by atoms with E-state index in [1.54, 1.807) is 0 Å². The maximum atomic E-state index is 9.84. The zero-order valence-electron chi connectivity index (χ0n) is 4.37. The van der Waals surface area contributed by atoms with Crippen molar-refractivity contribution in [3.05, 3.63) is 0 Å². The molecule has 0 radical (unpaired) electrons. The molecule has 0 rings (SSSR count). The molecule has 0 spiro atoms. The third-order valence-corrected chi connectivity index (χ3v) is 0.699. The Morgan fingerprint density at radius 2 is 1.67 bits per heavy atom. The van der Waals surface area contributed by atoms with Gasteiger partial charge in [0, 0.05) is 6.21 Å². The number of hydrogen-bond acceptors (Lipinski definition) is 3. The lowest BCUT2D eigenvalue weighted by atomic mass is 10.2. The summed E-state index contributed by atoms with van der Waals surface area (Å²) in [5, 5.41) is 22.4. The first kappa shape index (κ1) is 7.61. The van der Waals surface area contributed by atoms with E-state index in [-0.39, 0.29) is 0 Å². The van der Waals surface area contributed by atoms with Crippen molar-refractivity contribution >= 4 is 18.2 Å². The van der Waals surface area contributed by atoms with Crippen molar-refractivity contribution in [3.63, 3.8) is 0 Å². The smallest absolute Gasteiger partial charge is 0.323 e. The summed E-state index contributed by atoms with van der Waals surface area (Å²) in [6, 6.07) is 0. The van der Waals surface area contributed by atoms with Gasteiger partial charge in [-0.1, -0.05) is 0 Å². The Bertz CT molecular complexity index is 139. The highest BCUT2D eigenvalue weighted by Crippen LogP contribution is 1.90. The number of hydrogen-bond donors (Lipinski definition) is 3. The molecule has 0 fully saturated rings. The van der Waals surface area contributed by atoms with Crippen LogP contribution in [0, 0.1) is 11.3 Å². The molecule has 0 saturated heterocycles. The molecular weight excluding hydrogens is 126 g/mol. The Hall–Kier alpha value is -1.39. The predicted molar refractivity (Wildman–Crippen MR) is 27.5 cm³/mol. The molecule has 50 valence electrons. The van der Waals surface area contributed by atoms with Crippen LogP contribution in [0.4, 0.5) is 0 Å². The van der Waals surface area contributed by atoms with E-state index >= 15 is 0 Å². The van der Waals surface area contributed by atoms with Gasteiger partial charge in [-0.2, -0.15) is 0 Å². The molecule has 0 bridgehead atoms. The van der Waals surface area contributed by atoms with Crippen molar-refractivity contribution in [2.45, 2.75) is 0 Å². The highest BCUT2D eigenvalue weighted by molar-refractivity contribution is 6.06. The quantitative estimate of drug-likeness (QED) is 0.352. The van der Waals surface area contributed by atoms with Crippen molar-refractivity contribution in [2.75, 3.05) is 0 Å². The number of carboxylic acid groups (broad SMARTS) is 2. The second kappa shape index (κ2) is 2.81. The monoisotopic (exact) mass is 131 g/mol. The average molecular weight is 131 g/mol. The molecule has 0 aromatic rings. The van der Waals surface area contributed by atoms with E-state index in [0.717, 1.165) is 0 Å². The number of carboxylic acids is 2. The van der Waals surface area contributed by atoms with Crippen molar-refractivity contribution in [3.8, 4) is 0 Å². The van der Waals surface area contributed by atoms with E-state index in [1.165, 1.54) is 0 Å². The summed E-state index contributed by atoms with van der Waals surface area (Å²) in [5.74, 6) is -4.74. The van der Waals surface area contributed by atoms with Gasteiger partial charge in [-0.15, -0.1) is 0 Å². The van der Waals surface area contributed by atoms with E-state index in [0.29, 0.717) is 6.21 Å². The van der Waals surface area contributed by atoms with Crippen LogP contribution in [0.1, 0.15) is 0 Å². The average Bonchev–Trinajstić information content (AvgIpc) is 1.64. The van der Waals surface area contributed by atoms with Crippen molar-refractivity contribution in [2.24, 2.45) is 5.92 Å². The summed E-state index contributed by atoms with van der Waals surface area (Å²) >= 11 is 0. The Kier molecular flexibility index (Phi) is 2.37. The van der Waals surface area contributed by atoms with Crippen LogP contribution < -0.4 is 0 Å². The topological polar surface area (TPSA) is 98.5 Å². The van der Waals surface area contributed by atoms with Gasteiger partial charge in [-0.05, 0) is 0 Å². The van der Waals surface area contributed by atoms with Crippen molar-refractivity contribution in [1.82, 2.24) is 0 Å². The van der Waals surface area contributed by atoms with E-state index in [9.17, 15) is 9.59 Å². The molecule has 0 aliphatic carbocycles. The first-order valence-electron chi connectivity index (χ1n) is 2.05. The van der Waals surface area contributed by atoms with Crippen LogP contribution in [0.5, 0.6) is 0 Å². The second-order valence-corrected chi connectivity index (χ2v) is 1.32. The van der Waals surface area contributed by atoms with Gasteiger partial charge in [0.05, 0.1) is 0 Å². The second-order valence-electron chi connectivity index (χ2n) is 1.32. The summed E-state index contributed by atoms with van der Waals surface area (Å²) in [5.41, 5.74) is 0. The molecule has 5 heteroatoms. The summed E-state index contributed by atoms with van der Waals surface area (Å²) < 4.78 is 0. The summed E-state index contributed by atoms with van der Waals surface area (Å²) in [7, 11) is 0. The molecule has 0 aliphatic rings. The lowest BCUT2D eigenvalue weighted by Gasteiger charge is -1.95. The zero-order chi connectivity index (χ0) is 7.44. The zero-order valence-corrected chi connectivity index (χ0v) is 4.37. The molecule has 0 aromatic carbocycles. The first-order valence-corrected chi connectivity index (χ1v) is 2.05. The molecule has 5 nitrogen and oxygen atoms in total. The van der Waals surface area contributed by atoms with Crippen LogP contribution in [0.25, 0.3) is 0 Å². The largest absolute Gasteiger partial charge is 0.480 e. The molecular formula is C4H5NO4. The van der Waals surface area contributed by atoms with Crippen LogP contribution in [-0.4, -0.2) is 28.4 Å². The molecule has 0 saturated carbocycles. The molecule has 0 atom stereocenters. The van der Waals surface area contributed by atoms with Crippen LogP contribution >= 0.6 is 0 Å². The van der Waals surface area contributed by atoms with Crippen molar-refractivity contribution < 1.29 is 19.8 Å². The third-order valence-electron chi connectivity index (χ3n) is 0.699. The molecule has 9 heavy (non-hydrogen) atoms. The van der Waals surface area contributed by atoms with Gasteiger partial charge in [0.25, 0.3) is 0 Å². The van der Waals surface area contributed by atoms with Crippen molar-refractivity contribution in [1.29, 1.82) is 5.41 Å². The number of aliphatic carboxylic acids is 2. The number of carbonyl (C=O) groups is 2. The lowest BCUT2D eigenvalue weighted by Crippen LogP contribution is -2.23. The van der Waals surface area contributed by atoms with Gasteiger partial charge >= 0.3 is 11.9 Å². The van der Waals surface area contributed by atoms with Crippen LogP contribution in [0.15, 0.2) is 0 Å². The maximum absolute atomic E-state index is 9.84. The predicted octanol–water partition coefficient (Wildman–Crippen LogP) is -0.579. The van der Waals surface area contributed by atoms with Gasteiger partial charge in [0.15, 0.2) is 5.92 Å². The minimum Gasteiger partial charge on any atom is -0.480 e. The van der Waals surface area contributed by atoms with E-state index < -0.39 is 17.9 Å². The van der Waals surface area contributed by atoms with Gasteiger partial charge < -0.3 is 15.6 Å². The fourth-order valence-corrected chi connectivity index (χ4v) is 0.248. The lowest BCUT2D eigenvalue weighted by molar-refractivity contribution is -0.150. The van der Waals surface area contributed by atoms with E-state index in [2.05, 4.69) is 0 Å². The van der Waals surface area contributed by atoms with Gasteiger partial charge in [-0.25, -0.2) is 0 Å². The van der Waals surface area contributed by atoms with Gasteiger partial charge in [0.2, 0.25) is 0 Å². The standard InChI is InChI=1S/C4H5NO4/c5-1-2(3(6)7)4(8)9/h1-2,5H,(H,6,7)(H,8,9). The Labute approximate surface area is 50.4 Å². The fraction of sp³-hybridized carbons (Fsp3) is 0.250.